The topological polar surface area (TPSA) is 74.6 Å². The molecule has 0 aliphatic carbocycles. The lowest BCUT2D eigenvalue weighted by Crippen LogP contribution is -2.11. The minimum Gasteiger partial charge on any atom is -0.478 e. The van der Waals surface area contributed by atoms with E-state index in [2.05, 4.69) is 6.92 Å². The molecule has 4 heteroatoms. The van der Waals surface area contributed by atoms with Crippen molar-refractivity contribution in [1.82, 2.24) is 0 Å². The molecule has 0 saturated heterocycles. The number of carboxylic acid groups (broad SMARTS) is 2. The normalized spacial score (nSPS) is 12.1. The van der Waals surface area contributed by atoms with Crippen molar-refractivity contribution >= 4 is 11.9 Å². The second-order valence-electron chi connectivity index (χ2n) is 7.27. The van der Waals surface area contributed by atoms with Crippen LogP contribution in [-0.2, 0) is 9.59 Å². The summed E-state index contributed by atoms with van der Waals surface area (Å²) < 4.78 is 0. The smallest absolute Gasteiger partial charge is 0.332 e. The SMILES string of the molecule is CCCCCCCCCCCCCCCCC(C(=O)O)=C(CC)C(=O)O. The van der Waals surface area contributed by atoms with E-state index >= 15 is 0 Å². The van der Waals surface area contributed by atoms with Gasteiger partial charge in [-0.25, -0.2) is 9.59 Å². The molecular weight excluding hydrogens is 328 g/mol. The van der Waals surface area contributed by atoms with Crippen molar-refractivity contribution in [3.63, 3.8) is 0 Å². The molecule has 152 valence electrons. The van der Waals surface area contributed by atoms with Crippen LogP contribution >= 0.6 is 0 Å². The van der Waals surface area contributed by atoms with Gasteiger partial charge >= 0.3 is 11.9 Å². The number of aliphatic carboxylic acids is 2. The standard InChI is InChI=1S/C22H40O4/c1-3-5-6-7-8-9-10-11-12-13-14-15-16-17-18-20(22(25)26)19(4-2)21(23)24/h3-18H2,1-2H3,(H,23,24)(H,25,26). The summed E-state index contributed by atoms with van der Waals surface area (Å²) in [5, 5.41) is 18.3. The van der Waals surface area contributed by atoms with E-state index in [0.29, 0.717) is 6.42 Å². The summed E-state index contributed by atoms with van der Waals surface area (Å²) in [5.74, 6) is -2.19. The predicted octanol–water partition coefficient (Wildman–Crippen LogP) is 6.73. The van der Waals surface area contributed by atoms with Gasteiger partial charge in [0.15, 0.2) is 0 Å². The van der Waals surface area contributed by atoms with Crippen LogP contribution in [0.2, 0.25) is 0 Å². The molecule has 0 amide bonds. The molecule has 0 aromatic carbocycles. The van der Waals surface area contributed by atoms with Crippen molar-refractivity contribution in [2.75, 3.05) is 0 Å². The maximum atomic E-state index is 11.2. The first kappa shape index (κ1) is 24.7. The minimum atomic E-state index is -1.10. The number of carboxylic acids is 2. The van der Waals surface area contributed by atoms with Crippen LogP contribution in [0.3, 0.4) is 0 Å². The number of unbranched alkanes of at least 4 members (excludes halogenated alkanes) is 13. The van der Waals surface area contributed by atoms with E-state index in [1.54, 1.807) is 6.92 Å². The van der Waals surface area contributed by atoms with E-state index < -0.39 is 11.9 Å². The van der Waals surface area contributed by atoms with Crippen molar-refractivity contribution < 1.29 is 19.8 Å². The largest absolute Gasteiger partial charge is 0.478 e. The highest BCUT2D eigenvalue weighted by atomic mass is 16.4. The lowest BCUT2D eigenvalue weighted by atomic mass is 9.99. The molecule has 0 aliphatic heterocycles. The Morgan fingerprint density at radius 2 is 0.885 bits per heavy atom. The molecule has 4 nitrogen and oxygen atoms in total. The zero-order chi connectivity index (χ0) is 19.6. The highest BCUT2D eigenvalue weighted by Gasteiger charge is 2.17. The zero-order valence-electron chi connectivity index (χ0n) is 17.0. The first-order chi connectivity index (χ1) is 12.5. The summed E-state index contributed by atoms with van der Waals surface area (Å²) in [5.41, 5.74) is 0.131. The molecule has 0 saturated carbocycles. The van der Waals surface area contributed by atoms with E-state index in [-0.39, 0.29) is 17.6 Å². The molecule has 0 atom stereocenters. The summed E-state index contributed by atoms with van der Waals surface area (Å²) in [4.78, 5) is 22.4. The molecule has 0 spiro atoms. The van der Waals surface area contributed by atoms with Crippen molar-refractivity contribution in [2.45, 2.75) is 117 Å². The molecule has 0 aromatic rings. The van der Waals surface area contributed by atoms with Crippen LogP contribution in [0.15, 0.2) is 11.1 Å². The van der Waals surface area contributed by atoms with Crippen LogP contribution in [0.5, 0.6) is 0 Å². The van der Waals surface area contributed by atoms with E-state index in [1.165, 1.54) is 70.6 Å². The number of rotatable bonds is 18. The molecule has 2 N–H and O–H groups in total. The summed E-state index contributed by atoms with van der Waals surface area (Å²) in [6.07, 6.45) is 18.1. The molecule has 0 aromatic heterocycles. The van der Waals surface area contributed by atoms with Gasteiger partial charge in [0, 0.05) is 11.1 Å². The van der Waals surface area contributed by atoms with Gasteiger partial charge in [0.25, 0.3) is 0 Å². The van der Waals surface area contributed by atoms with Gasteiger partial charge in [0.2, 0.25) is 0 Å². The monoisotopic (exact) mass is 368 g/mol. The third-order valence-electron chi connectivity index (χ3n) is 5.01. The van der Waals surface area contributed by atoms with Crippen LogP contribution in [0.4, 0.5) is 0 Å². The van der Waals surface area contributed by atoms with Crippen LogP contribution < -0.4 is 0 Å². The highest BCUT2D eigenvalue weighted by molar-refractivity contribution is 5.98. The number of carbonyl (C=O) groups is 2. The fourth-order valence-corrected chi connectivity index (χ4v) is 3.38. The Hall–Kier alpha value is -1.32. The minimum absolute atomic E-state index is 0.0483. The van der Waals surface area contributed by atoms with Crippen LogP contribution in [0.1, 0.15) is 117 Å². The molecule has 0 unspecified atom stereocenters. The van der Waals surface area contributed by atoms with E-state index in [9.17, 15) is 14.7 Å². The average molecular weight is 369 g/mol. The van der Waals surface area contributed by atoms with Crippen molar-refractivity contribution in [1.29, 1.82) is 0 Å². The Morgan fingerprint density at radius 3 is 1.19 bits per heavy atom. The van der Waals surface area contributed by atoms with Crippen molar-refractivity contribution in [3.05, 3.63) is 11.1 Å². The van der Waals surface area contributed by atoms with Gasteiger partial charge in [-0.2, -0.15) is 0 Å². The first-order valence-electron chi connectivity index (χ1n) is 10.7. The maximum Gasteiger partial charge on any atom is 0.332 e. The third kappa shape index (κ3) is 13.0. The molecule has 0 aliphatic rings. The second kappa shape index (κ2) is 17.1. The van der Waals surface area contributed by atoms with E-state index in [0.717, 1.165) is 19.3 Å². The molecule has 0 radical (unpaired) electrons. The molecule has 0 fully saturated rings. The van der Waals surface area contributed by atoms with Gasteiger partial charge in [-0.15, -0.1) is 0 Å². The summed E-state index contributed by atoms with van der Waals surface area (Å²) >= 11 is 0. The fourth-order valence-electron chi connectivity index (χ4n) is 3.38. The summed E-state index contributed by atoms with van der Waals surface area (Å²) in [6, 6.07) is 0. The van der Waals surface area contributed by atoms with E-state index in [1.807, 2.05) is 0 Å². The first-order valence-corrected chi connectivity index (χ1v) is 10.7. The predicted molar refractivity (Wildman–Crippen MR) is 108 cm³/mol. The quantitative estimate of drug-likeness (QED) is 0.208. The Bertz CT molecular complexity index is 412. The van der Waals surface area contributed by atoms with Gasteiger partial charge in [-0.1, -0.05) is 97.3 Å². The van der Waals surface area contributed by atoms with Crippen LogP contribution in [0.25, 0.3) is 0 Å². The Kier molecular flexibility index (Phi) is 16.2. The Labute approximate surface area is 160 Å². The van der Waals surface area contributed by atoms with Gasteiger partial charge in [-0.05, 0) is 19.3 Å². The maximum absolute atomic E-state index is 11.2. The lowest BCUT2D eigenvalue weighted by molar-refractivity contribution is -0.136. The molecule has 0 heterocycles. The summed E-state index contributed by atoms with van der Waals surface area (Å²) in [6.45, 7) is 3.94. The van der Waals surface area contributed by atoms with Gasteiger partial charge < -0.3 is 10.2 Å². The lowest BCUT2D eigenvalue weighted by Gasteiger charge is -2.07. The Balaban J connectivity index is 3.63. The zero-order valence-corrected chi connectivity index (χ0v) is 17.0. The van der Waals surface area contributed by atoms with Gasteiger partial charge in [0.1, 0.15) is 0 Å². The fraction of sp³-hybridized carbons (Fsp3) is 0.818. The average Bonchev–Trinajstić information content (AvgIpc) is 2.60. The highest BCUT2D eigenvalue weighted by Crippen LogP contribution is 2.18. The molecule has 0 rings (SSSR count). The van der Waals surface area contributed by atoms with Gasteiger partial charge in [-0.3, -0.25) is 0 Å². The van der Waals surface area contributed by atoms with Gasteiger partial charge in [0.05, 0.1) is 0 Å². The number of hydrogen-bond acceptors (Lipinski definition) is 2. The van der Waals surface area contributed by atoms with Crippen molar-refractivity contribution in [3.8, 4) is 0 Å². The third-order valence-corrected chi connectivity index (χ3v) is 5.01. The van der Waals surface area contributed by atoms with Crippen molar-refractivity contribution in [2.24, 2.45) is 0 Å². The molecule has 0 bridgehead atoms. The van der Waals surface area contributed by atoms with E-state index in [4.69, 9.17) is 5.11 Å². The molecule has 26 heavy (non-hydrogen) atoms. The van der Waals surface area contributed by atoms with Crippen LogP contribution in [-0.4, -0.2) is 22.2 Å². The molecular formula is C22H40O4. The number of hydrogen-bond donors (Lipinski definition) is 2. The summed E-state index contributed by atoms with van der Waals surface area (Å²) in [7, 11) is 0. The van der Waals surface area contributed by atoms with Crippen LogP contribution in [0, 0.1) is 0 Å². The Morgan fingerprint density at radius 1 is 0.538 bits per heavy atom. The second-order valence-corrected chi connectivity index (χ2v) is 7.27.